The Balaban J connectivity index is 0.790. The maximum atomic E-state index is 15.1. The fourth-order valence-corrected chi connectivity index (χ4v) is 9.95. The van der Waals surface area contributed by atoms with E-state index in [0.29, 0.717) is 30.0 Å². The second-order valence-electron chi connectivity index (χ2n) is 17.3. The molecule has 61 heavy (non-hydrogen) atoms. The number of benzene rings is 2. The first kappa shape index (κ1) is 40.4. The van der Waals surface area contributed by atoms with Crippen molar-refractivity contribution in [2.24, 2.45) is 12.5 Å². The lowest BCUT2D eigenvalue weighted by Crippen LogP contribution is -2.56. The van der Waals surface area contributed by atoms with Crippen LogP contribution in [0.25, 0.3) is 27.8 Å². The van der Waals surface area contributed by atoms with Crippen LogP contribution in [0.4, 0.5) is 16.0 Å². The van der Waals surface area contributed by atoms with Crippen LogP contribution >= 0.6 is 0 Å². The van der Waals surface area contributed by atoms with Gasteiger partial charge in [-0.15, -0.1) is 0 Å². The van der Waals surface area contributed by atoms with E-state index in [-0.39, 0.29) is 41.1 Å². The van der Waals surface area contributed by atoms with Gasteiger partial charge in [0.15, 0.2) is 5.82 Å². The largest absolute Gasteiger partial charge is 0.369 e. The number of carbonyl (C=O) groups excluding carboxylic acids is 3. The van der Waals surface area contributed by atoms with Crippen molar-refractivity contribution < 1.29 is 18.8 Å². The highest BCUT2D eigenvalue weighted by Crippen LogP contribution is 2.39. The van der Waals surface area contributed by atoms with Gasteiger partial charge in [0.05, 0.1) is 28.7 Å². The van der Waals surface area contributed by atoms with Gasteiger partial charge >= 0.3 is 0 Å². The Bertz CT molecular complexity index is 2500. The molecule has 4 fully saturated rings. The summed E-state index contributed by atoms with van der Waals surface area (Å²) in [6.07, 6.45) is 12.0. The molecule has 14 nitrogen and oxygen atoms in total. The summed E-state index contributed by atoms with van der Waals surface area (Å²) in [5, 5.41) is 15.0. The van der Waals surface area contributed by atoms with Crippen molar-refractivity contribution in [3.8, 4) is 16.9 Å². The van der Waals surface area contributed by atoms with E-state index in [1.165, 1.54) is 16.8 Å². The van der Waals surface area contributed by atoms with Gasteiger partial charge in [-0.2, -0.15) is 5.10 Å². The maximum Gasteiger partial charge on any atom is 0.255 e. The molecular weight excluding hydrogens is 776 g/mol. The molecule has 0 bridgehead atoms. The van der Waals surface area contributed by atoms with E-state index < -0.39 is 17.2 Å². The van der Waals surface area contributed by atoms with E-state index >= 15 is 4.39 Å². The number of hydrogen-bond donors (Lipinski definition) is 3. The molecular formula is C46H53FN10O4. The van der Waals surface area contributed by atoms with Gasteiger partial charge in [-0.1, -0.05) is 37.5 Å². The molecule has 1 unspecified atom stereocenters. The fourth-order valence-electron chi connectivity index (χ4n) is 9.95. The number of pyridine rings is 1. The Morgan fingerprint density at radius 3 is 2.44 bits per heavy atom. The molecule has 15 heteroatoms. The number of aromatic nitrogens is 5. The highest BCUT2D eigenvalue weighted by Gasteiger charge is 2.42. The fraction of sp³-hybridized carbons (Fsp3) is 0.457. The van der Waals surface area contributed by atoms with E-state index in [9.17, 15) is 19.2 Å². The zero-order valence-corrected chi connectivity index (χ0v) is 34.6. The third-order valence-electron chi connectivity index (χ3n) is 13.3. The van der Waals surface area contributed by atoms with E-state index in [1.54, 1.807) is 42.6 Å². The average Bonchev–Trinajstić information content (AvgIpc) is 3.60. The van der Waals surface area contributed by atoms with Crippen LogP contribution in [0.3, 0.4) is 0 Å². The number of piperidine rings is 1. The van der Waals surface area contributed by atoms with Gasteiger partial charge < -0.3 is 15.5 Å². The van der Waals surface area contributed by atoms with Gasteiger partial charge in [-0.05, 0) is 81.3 Å². The molecule has 2 saturated carbocycles. The number of anilines is 2. The van der Waals surface area contributed by atoms with Crippen LogP contribution in [0.15, 0.2) is 77.9 Å². The second-order valence-corrected chi connectivity index (χ2v) is 17.3. The SMILES string of the molecule is Cn1nc(C2CCC(=O)NC2=O)c2ccc(N3CCN(CC4(C(=O)NC5CCC(Nc6ncc(F)c(-c7cccc(-n8ccccc8=O)c7)n6)CC5)CCCCC4)CC3)cc21. The molecule has 2 aliphatic carbocycles. The van der Waals surface area contributed by atoms with E-state index in [2.05, 4.69) is 53.9 Å². The van der Waals surface area contributed by atoms with Crippen molar-refractivity contribution in [3.63, 3.8) is 0 Å². The molecule has 3 aromatic heterocycles. The number of imide groups is 1. The molecule has 2 aliphatic heterocycles. The van der Waals surface area contributed by atoms with Gasteiger partial charge in [-0.25, -0.2) is 14.4 Å². The molecule has 2 aromatic carbocycles. The average molecular weight is 829 g/mol. The summed E-state index contributed by atoms with van der Waals surface area (Å²) in [5.74, 6) is -0.948. The number of halogens is 1. The van der Waals surface area contributed by atoms with Crippen molar-refractivity contribution >= 4 is 40.3 Å². The van der Waals surface area contributed by atoms with Gasteiger partial charge in [0.2, 0.25) is 23.7 Å². The van der Waals surface area contributed by atoms with Crippen molar-refractivity contribution in [1.29, 1.82) is 0 Å². The summed E-state index contributed by atoms with van der Waals surface area (Å²) in [5.41, 5.74) is 3.54. The topological polar surface area (TPSA) is 159 Å². The summed E-state index contributed by atoms with van der Waals surface area (Å²) in [7, 11) is 1.90. The molecule has 1 atom stereocenters. The van der Waals surface area contributed by atoms with Crippen LogP contribution in [-0.2, 0) is 21.4 Å². The zero-order valence-electron chi connectivity index (χ0n) is 34.6. The third kappa shape index (κ3) is 8.52. The number of nitrogens with one attached hydrogen (secondary N) is 3. The molecule has 5 aromatic rings. The quantitative estimate of drug-likeness (QED) is 0.155. The Morgan fingerprint density at radius 1 is 0.885 bits per heavy atom. The smallest absolute Gasteiger partial charge is 0.255 e. The summed E-state index contributed by atoms with van der Waals surface area (Å²) in [6.45, 7) is 4.18. The minimum absolute atomic E-state index is 0.0895. The number of nitrogens with zero attached hydrogens (tertiary/aromatic N) is 7. The van der Waals surface area contributed by atoms with Crippen LogP contribution in [0.5, 0.6) is 0 Å². The molecule has 2 saturated heterocycles. The van der Waals surface area contributed by atoms with Crippen LogP contribution in [0.2, 0.25) is 0 Å². The van der Waals surface area contributed by atoms with Crippen LogP contribution in [0, 0.1) is 11.2 Å². The minimum atomic E-state index is -0.542. The van der Waals surface area contributed by atoms with Gasteiger partial charge in [0.25, 0.3) is 5.56 Å². The maximum absolute atomic E-state index is 15.1. The molecule has 318 valence electrons. The summed E-state index contributed by atoms with van der Waals surface area (Å²) < 4.78 is 18.4. The molecule has 4 aliphatic rings. The van der Waals surface area contributed by atoms with Gasteiger partial charge in [0, 0.05) is 92.9 Å². The molecule has 3 amide bonds. The van der Waals surface area contributed by atoms with Crippen molar-refractivity contribution in [3.05, 3.63) is 94.9 Å². The monoisotopic (exact) mass is 828 g/mol. The lowest BCUT2D eigenvalue weighted by molar-refractivity contribution is -0.136. The first-order valence-electron chi connectivity index (χ1n) is 21.8. The van der Waals surface area contributed by atoms with Crippen molar-refractivity contribution in [1.82, 2.24) is 39.8 Å². The molecule has 5 heterocycles. The summed E-state index contributed by atoms with van der Waals surface area (Å²) in [6, 6.07) is 18.5. The Morgan fingerprint density at radius 2 is 1.67 bits per heavy atom. The molecule has 0 radical (unpaired) electrons. The highest BCUT2D eigenvalue weighted by atomic mass is 19.1. The minimum Gasteiger partial charge on any atom is -0.369 e. The molecule has 0 spiro atoms. The van der Waals surface area contributed by atoms with E-state index in [0.717, 1.165) is 113 Å². The van der Waals surface area contributed by atoms with Crippen molar-refractivity contribution in [2.45, 2.75) is 88.6 Å². The Kier molecular flexibility index (Phi) is 11.4. The van der Waals surface area contributed by atoms with Crippen LogP contribution in [0.1, 0.15) is 82.2 Å². The Labute approximate surface area is 353 Å². The normalized spacial score (nSPS) is 22.2. The zero-order chi connectivity index (χ0) is 42.1. The van der Waals surface area contributed by atoms with E-state index in [1.807, 2.05) is 11.7 Å². The number of hydrogen-bond acceptors (Lipinski definition) is 10. The predicted molar refractivity (Wildman–Crippen MR) is 231 cm³/mol. The summed E-state index contributed by atoms with van der Waals surface area (Å²) >= 11 is 0. The van der Waals surface area contributed by atoms with Gasteiger partial charge in [-0.3, -0.25) is 38.6 Å². The second kappa shape index (κ2) is 17.2. The first-order chi connectivity index (χ1) is 29.6. The number of carbonyl (C=O) groups is 3. The third-order valence-corrected chi connectivity index (χ3v) is 13.3. The number of amides is 3. The first-order valence-corrected chi connectivity index (χ1v) is 21.8. The van der Waals surface area contributed by atoms with Gasteiger partial charge in [0.1, 0.15) is 5.69 Å². The molecule has 3 N–H and O–H groups in total. The predicted octanol–water partition coefficient (Wildman–Crippen LogP) is 5.45. The highest BCUT2D eigenvalue weighted by molar-refractivity contribution is 6.02. The lowest BCUT2D eigenvalue weighted by atomic mass is 9.72. The van der Waals surface area contributed by atoms with Crippen molar-refractivity contribution in [2.75, 3.05) is 42.9 Å². The number of piperazine rings is 1. The van der Waals surface area contributed by atoms with Crippen LogP contribution in [-0.4, -0.2) is 91.7 Å². The number of aryl methyl sites for hydroxylation is 1. The standard InChI is InChI=1S/C46H53FN10O4/c1-54-38-27-33(15-16-35(38)42(53-54)36-17-18-39(58)51-43(36)60)56-24-22-55(23-25-56)29-46(19-4-2-5-20-46)44(61)49-31-11-13-32(14-12-31)50-45-48-28-37(47)41(52-45)30-8-7-9-34(26-30)57-21-6-3-10-40(57)59/h3,6-10,15-16,21,26-28,31-32,36H,2,4-5,11-14,17-20,22-25,29H2,1H3,(H,49,61)(H,48,50,52)(H,51,58,60). The molecule has 9 rings (SSSR count). The number of fused-ring (bicyclic) bond motifs is 1. The Hall–Kier alpha value is -5.96. The lowest BCUT2D eigenvalue weighted by Gasteiger charge is -2.44. The number of rotatable bonds is 10. The van der Waals surface area contributed by atoms with Crippen LogP contribution < -0.4 is 26.4 Å². The summed E-state index contributed by atoms with van der Waals surface area (Å²) in [4.78, 5) is 64.7. The van der Waals surface area contributed by atoms with E-state index in [4.69, 9.17) is 5.10 Å².